The molecule has 1 rings (SSSR count). The third kappa shape index (κ3) is 6.51. The highest BCUT2D eigenvalue weighted by Gasteiger charge is 2.12. The van der Waals surface area contributed by atoms with Crippen LogP contribution in [-0.4, -0.2) is 24.6 Å². The van der Waals surface area contributed by atoms with Gasteiger partial charge in [0.25, 0.3) is 0 Å². The molecule has 3 heteroatoms. The van der Waals surface area contributed by atoms with Crippen molar-refractivity contribution in [2.24, 2.45) is 9.98 Å². The Morgan fingerprint density at radius 1 is 1.31 bits per heavy atom. The van der Waals surface area contributed by atoms with E-state index in [1.54, 1.807) is 6.21 Å². The minimum absolute atomic E-state index is 0.0590. The maximum Gasteiger partial charge on any atom is 0.142 e. The van der Waals surface area contributed by atoms with Crippen molar-refractivity contribution in [1.29, 1.82) is 0 Å². The van der Waals surface area contributed by atoms with Gasteiger partial charge in [-0.1, -0.05) is 40.7 Å². The predicted molar refractivity (Wildman–Crippen MR) is 75.5 cm³/mol. The van der Waals surface area contributed by atoms with Crippen LogP contribution in [0.4, 0.5) is 0 Å². The van der Waals surface area contributed by atoms with Crippen LogP contribution >= 0.6 is 0 Å². The molecule has 1 atom stereocenters. The zero-order chi connectivity index (χ0) is 13.0. The van der Waals surface area contributed by atoms with Gasteiger partial charge in [0.2, 0.25) is 0 Å². The molecular weight excluding hydrogens is 198 g/mol. The molecule has 0 amide bonds. The SMILES string of the molecule is C/C=C1/N=C(C)C=NC1NCC.CC.CC. The van der Waals surface area contributed by atoms with Gasteiger partial charge >= 0.3 is 0 Å². The molecule has 0 aromatic carbocycles. The number of allylic oxidation sites excluding steroid dienone is 1. The zero-order valence-electron chi connectivity index (χ0n) is 11.8. The first-order valence-electron chi connectivity index (χ1n) is 6.26. The molecule has 0 saturated heterocycles. The van der Waals surface area contributed by atoms with Gasteiger partial charge in [0.15, 0.2) is 0 Å². The molecule has 0 aromatic heterocycles. The number of hydrogen-bond donors (Lipinski definition) is 1. The number of likely N-dealkylation sites (N-methyl/N-ethyl adjacent to an activating group) is 1. The third-order valence-corrected chi connectivity index (χ3v) is 1.69. The lowest BCUT2D eigenvalue weighted by molar-refractivity contribution is 0.606. The maximum atomic E-state index is 4.37. The minimum atomic E-state index is 0.0590. The van der Waals surface area contributed by atoms with Gasteiger partial charge in [-0.15, -0.1) is 0 Å². The molecule has 0 radical (unpaired) electrons. The van der Waals surface area contributed by atoms with Gasteiger partial charge in [-0.25, -0.2) is 0 Å². The van der Waals surface area contributed by atoms with Crippen LogP contribution in [0, 0.1) is 0 Å². The van der Waals surface area contributed by atoms with Crippen molar-refractivity contribution in [3.05, 3.63) is 11.8 Å². The Kier molecular flexibility index (Phi) is 13.2. The van der Waals surface area contributed by atoms with Crippen LogP contribution in [0.2, 0.25) is 0 Å². The molecule has 1 aliphatic heterocycles. The Labute approximate surface area is 101 Å². The Bertz CT molecular complexity index is 240. The topological polar surface area (TPSA) is 36.8 Å². The molecule has 0 aliphatic carbocycles. The van der Waals surface area contributed by atoms with Crippen LogP contribution in [0.15, 0.2) is 21.8 Å². The lowest BCUT2D eigenvalue weighted by Crippen LogP contribution is -2.31. The van der Waals surface area contributed by atoms with Crippen molar-refractivity contribution in [2.45, 2.75) is 54.6 Å². The summed E-state index contributed by atoms with van der Waals surface area (Å²) < 4.78 is 0. The molecule has 1 N–H and O–H groups in total. The summed E-state index contributed by atoms with van der Waals surface area (Å²) in [7, 11) is 0. The van der Waals surface area contributed by atoms with E-state index in [1.165, 1.54) is 0 Å². The highest BCUT2D eigenvalue weighted by molar-refractivity contribution is 6.30. The second-order valence-electron chi connectivity index (χ2n) is 2.71. The molecule has 1 heterocycles. The van der Waals surface area contributed by atoms with Crippen molar-refractivity contribution >= 4 is 11.9 Å². The predicted octanol–water partition coefficient (Wildman–Crippen LogP) is 3.42. The van der Waals surface area contributed by atoms with Crippen molar-refractivity contribution in [1.82, 2.24) is 5.32 Å². The van der Waals surface area contributed by atoms with E-state index in [9.17, 15) is 0 Å². The van der Waals surface area contributed by atoms with E-state index in [0.717, 1.165) is 18.0 Å². The lowest BCUT2D eigenvalue weighted by atomic mass is 10.3. The number of rotatable bonds is 2. The second kappa shape index (κ2) is 12.1. The first kappa shape index (κ1) is 17.4. The first-order chi connectivity index (χ1) is 7.77. The van der Waals surface area contributed by atoms with Gasteiger partial charge < -0.3 is 0 Å². The Hall–Kier alpha value is -0.960. The summed E-state index contributed by atoms with van der Waals surface area (Å²) in [6.45, 7) is 14.9. The molecule has 1 unspecified atom stereocenters. The number of aliphatic imine (C=N–C) groups is 2. The smallest absolute Gasteiger partial charge is 0.142 e. The summed E-state index contributed by atoms with van der Waals surface area (Å²) in [6.07, 6.45) is 3.86. The Balaban J connectivity index is 0. The summed E-state index contributed by atoms with van der Waals surface area (Å²) in [5.41, 5.74) is 1.98. The van der Waals surface area contributed by atoms with Crippen LogP contribution < -0.4 is 5.32 Å². The van der Waals surface area contributed by atoms with E-state index in [1.807, 2.05) is 47.6 Å². The molecule has 0 saturated carbocycles. The molecule has 0 spiro atoms. The second-order valence-corrected chi connectivity index (χ2v) is 2.71. The van der Waals surface area contributed by atoms with E-state index in [4.69, 9.17) is 0 Å². The van der Waals surface area contributed by atoms with E-state index in [0.29, 0.717) is 0 Å². The molecule has 94 valence electrons. The van der Waals surface area contributed by atoms with Crippen LogP contribution in [-0.2, 0) is 0 Å². The molecule has 16 heavy (non-hydrogen) atoms. The van der Waals surface area contributed by atoms with Crippen molar-refractivity contribution in [3.8, 4) is 0 Å². The normalized spacial score (nSPS) is 20.3. The standard InChI is InChI=1S/C9H15N3.2C2H6/c1-4-8-9(10-5-2)11-6-7(3)12-8;2*1-2/h4,6,9-10H,5H2,1-3H3;2*1-2H3/b8-4+;;. The summed E-state index contributed by atoms with van der Waals surface area (Å²) in [5.74, 6) is 0. The molecule has 1 aliphatic rings. The fraction of sp³-hybridized carbons (Fsp3) is 0.692. The minimum Gasteiger partial charge on any atom is -0.291 e. The van der Waals surface area contributed by atoms with Gasteiger partial charge in [-0.3, -0.25) is 15.3 Å². The Morgan fingerprint density at radius 3 is 2.31 bits per heavy atom. The average molecular weight is 225 g/mol. The van der Waals surface area contributed by atoms with E-state index in [2.05, 4.69) is 22.2 Å². The van der Waals surface area contributed by atoms with Gasteiger partial charge in [-0.2, -0.15) is 0 Å². The lowest BCUT2D eigenvalue weighted by Gasteiger charge is -2.17. The average Bonchev–Trinajstić information content (AvgIpc) is 2.36. The maximum absolute atomic E-state index is 4.37. The van der Waals surface area contributed by atoms with Crippen LogP contribution in [0.5, 0.6) is 0 Å². The molecule has 0 fully saturated rings. The van der Waals surface area contributed by atoms with E-state index < -0.39 is 0 Å². The summed E-state index contributed by atoms with van der Waals surface area (Å²) in [6, 6.07) is 0. The van der Waals surface area contributed by atoms with Gasteiger partial charge in [0, 0.05) is 6.21 Å². The fourth-order valence-electron chi connectivity index (χ4n) is 1.13. The van der Waals surface area contributed by atoms with Crippen molar-refractivity contribution in [2.75, 3.05) is 6.54 Å². The third-order valence-electron chi connectivity index (χ3n) is 1.69. The van der Waals surface area contributed by atoms with E-state index >= 15 is 0 Å². The van der Waals surface area contributed by atoms with Crippen LogP contribution in [0.1, 0.15) is 48.5 Å². The van der Waals surface area contributed by atoms with Crippen molar-refractivity contribution < 1.29 is 0 Å². The van der Waals surface area contributed by atoms with Crippen molar-refractivity contribution in [3.63, 3.8) is 0 Å². The molecule has 3 nitrogen and oxygen atoms in total. The number of hydrogen-bond acceptors (Lipinski definition) is 3. The van der Waals surface area contributed by atoms with Gasteiger partial charge in [-0.05, 0) is 20.4 Å². The Morgan fingerprint density at radius 2 is 1.88 bits per heavy atom. The molecule has 0 bridgehead atoms. The number of nitrogens with zero attached hydrogens (tertiary/aromatic N) is 2. The fourth-order valence-corrected chi connectivity index (χ4v) is 1.13. The van der Waals surface area contributed by atoms with Gasteiger partial charge in [0.05, 0.1) is 11.4 Å². The number of nitrogens with one attached hydrogen (secondary N) is 1. The quantitative estimate of drug-likeness (QED) is 0.768. The van der Waals surface area contributed by atoms with Crippen LogP contribution in [0.3, 0.4) is 0 Å². The van der Waals surface area contributed by atoms with E-state index in [-0.39, 0.29) is 6.17 Å². The summed E-state index contributed by atoms with van der Waals surface area (Å²) in [4.78, 5) is 8.68. The highest BCUT2D eigenvalue weighted by Crippen LogP contribution is 2.09. The first-order valence-corrected chi connectivity index (χ1v) is 6.26. The zero-order valence-corrected chi connectivity index (χ0v) is 11.8. The summed E-state index contributed by atoms with van der Waals surface area (Å²) in [5, 5.41) is 3.23. The summed E-state index contributed by atoms with van der Waals surface area (Å²) >= 11 is 0. The monoisotopic (exact) mass is 225 g/mol. The largest absolute Gasteiger partial charge is 0.291 e. The highest BCUT2D eigenvalue weighted by atomic mass is 15.1. The molecular formula is C13H27N3. The van der Waals surface area contributed by atoms with Crippen LogP contribution in [0.25, 0.3) is 0 Å². The van der Waals surface area contributed by atoms with Gasteiger partial charge in [0.1, 0.15) is 6.17 Å². The molecule has 0 aromatic rings.